The molecule has 2 saturated carbocycles. The number of nitrogens with zero attached hydrogens (tertiary/aromatic N) is 4. The fourth-order valence-electron chi connectivity index (χ4n) is 4.03. The topological polar surface area (TPSA) is 72.9 Å². The number of likely N-dealkylation sites (N-methyl/N-ethyl adjacent to an activating group) is 1. The number of hydrogen-bond acceptors (Lipinski definition) is 4. The van der Waals surface area contributed by atoms with Gasteiger partial charge in [0.2, 0.25) is 5.91 Å². The van der Waals surface area contributed by atoms with Gasteiger partial charge in [0.05, 0.1) is 18.8 Å². The zero-order valence-electron chi connectivity index (χ0n) is 16.9. The molecule has 2 bridgehead atoms. The van der Waals surface area contributed by atoms with Crippen LogP contribution in [-0.2, 0) is 11.3 Å². The van der Waals surface area contributed by atoms with Gasteiger partial charge in [0.1, 0.15) is 5.82 Å². The van der Waals surface area contributed by atoms with E-state index < -0.39 is 0 Å². The Hall–Kier alpha value is -2.31. The van der Waals surface area contributed by atoms with E-state index in [0.717, 1.165) is 23.3 Å². The van der Waals surface area contributed by atoms with Crippen molar-refractivity contribution in [2.24, 2.45) is 16.8 Å². The lowest BCUT2D eigenvalue weighted by molar-refractivity contribution is -0.127. The van der Waals surface area contributed by atoms with E-state index in [1.165, 1.54) is 25.7 Å². The minimum atomic E-state index is 0.0326. The van der Waals surface area contributed by atoms with Gasteiger partial charge in [0, 0.05) is 34.2 Å². The quantitative estimate of drug-likeness (QED) is 0.584. The summed E-state index contributed by atoms with van der Waals surface area (Å²) < 4.78 is 0. The Morgan fingerprint density at radius 1 is 1.22 bits per heavy atom. The van der Waals surface area contributed by atoms with Crippen LogP contribution < -0.4 is 15.5 Å². The minimum absolute atomic E-state index is 0.0326. The van der Waals surface area contributed by atoms with Crippen LogP contribution >= 0.6 is 0 Å². The van der Waals surface area contributed by atoms with Gasteiger partial charge >= 0.3 is 0 Å². The molecule has 2 N–H and O–H groups in total. The maximum atomic E-state index is 12.0. The Balaban J connectivity index is 1.67. The Labute approximate surface area is 162 Å². The van der Waals surface area contributed by atoms with Crippen molar-refractivity contribution in [1.29, 1.82) is 0 Å². The van der Waals surface area contributed by atoms with Crippen molar-refractivity contribution in [3.63, 3.8) is 0 Å². The van der Waals surface area contributed by atoms with Gasteiger partial charge < -0.3 is 20.4 Å². The number of amides is 1. The molecule has 0 aromatic carbocycles. The first-order valence-corrected chi connectivity index (χ1v) is 9.80. The van der Waals surface area contributed by atoms with Crippen LogP contribution in [0.1, 0.15) is 31.4 Å². The second-order valence-electron chi connectivity index (χ2n) is 8.11. The molecular weight excluding hydrogens is 340 g/mol. The third-order valence-corrected chi connectivity index (χ3v) is 5.62. The van der Waals surface area contributed by atoms with Crippen molar-refractivity contribution >= 4 is 17.7 Å². The lowest BCUT2D eigenvalue weighted by Crippen LogP contribution is -2.48. The number of fused-ring (bicyclic) bond motifs is 2. The first-order valence-electron chi connectivity index (χ1n) is 9.80. The second kappa shape index (κ2) is 8.59. The fraction of sp³-hybridized carbons (Fsp3) is 0.650. The maximum Gasteiger partial charge on any atom is 0.241 e. The first kappa shape index (κ1) is 19.5. The second-order valence-corrected chi connectivity index (χ2v) is 8.11. The molecule has 3 rings (SSSR count). The van der Waals surface area contributed by atoms with Crippen LogP contribution in [0.2, 0.25) is 0 Å². The molecule has 1 aromatic rings. The number of pyridine rings is 1. The molecule has 1 heterocycles. The highest BCUT2D eigenvalue weighted by Crippen LogP contribution is 2.44. The number of anilines is 1. The molecule has 3 atom stereocenters. The number of nitrogens with one attached hydrogen (secondary N) is 2. The molecule has 1 amide bonds. The Morgan fingerprint density at radius 3 is 2.67 bits per heavy atom. The lowest BCUT2D eigenvalue weighted by atomic mass is 9.95. The Morgan fingerprint density at radius 2 is 2.04 bits per heavy atom. The number of guanidine groups is 1. The lowest BCUT2D eigenvalue weighted by Gasteiger charge is -2.25. The highest BCUT2D eigenvalue weighted by Gasteiger charge is 2.39. The number of hydrogen-bond donors (Lipinski definition) is 2. The smallest absolute Gasteiger partial charge is 0.241 e. The largest absolute Gasteiger partial charge is 0.363 e. The molecular formula is C20H32N6O. The van der Waals surface area contributed by atoms with E-state index in [2.05, 4.69) is 15.6 Å². The molecule has 27 heavy (non-hydrogen) atoms. The minimum Gasteiger partial charge on any atom is -0.363 e. The average molecular weight is 373 g/mol. The molecule has 0 spiro atoms. The van der Waals surface area contributed by atoms with Crippen molar-refractivity contribution in [2.75, 3.05) is 39.6 Å². The van der Waals surface area contributed by atoms with Crippen LogP contribution in [0.15, 0.2) is 23.2 Å². The summed E-state index contributed by atoms with van der Waals surface area (Å²) in [4.78, 5) is 24.9. The predicted octanol–water partition coefficient (Wildman–Crippen LogP) is 1.46. The van der Waals surface area contributed by atoms with E-state index >= 15 is 0 Å². The zero-order chi connectivity index (χ0) is 19.4. The van der Waals surface area contributed by atoms with E-state index in [4.69, 9.17) is 4.99 Å². The first-order chi connectivity index (χ1) is 12.9. The van der Waals surface area contributed by atoms with Gasteiger partial charge in [-0.1, -0.05) is 12.5 Å². The van der Waals surface area contributed by atoms with Crippen molar-refractivity contribution in [2.45, 2.75) is 38.3 Å². The van der Waals surface area contributed by atoms with Gasteiger partial charge in [-0.3, -0.25) is 4.79 Å². The van der Waals surface area contributed by atoms with Gasteiger partial charge in [0.15, 0.2) is 5.96 Å². The highest BCUT2D eigenvalue weighted by molar-refractivity contribution is 5.86. The molecule has 0 radical (unpaired) electrons. The summed E-state index contributed by atoms with van der Waals surface area (Å²) in [6.07, 6.45) is 5.21. The maximum absolute atomic E-state index is 12.0. The molecule has 0 saturated heterocycles. The zero-order valence-corrected chi connectivity index (χ0v) is 16.9. The molecule has 148 valence electrons. The van der Waals surface area contributed by atoms with Crippen LogP contribution in [-0.4, -0.2) is 62.5 Å². The number of aromatic nitrogens is 1. The highest BCUT2D eigenvalue weighted by atomic mass is 16.2. The van der Waals surface area contributed by atoms with Crippen LogP contribution in [0.5, 0.6) is 0 Å². The average Bonchev–Trinajstić information content (AvgIpc) is 3.26. The number of carbonyl (C=O) groups excluding carboxylic acids is 1. The molecule has 2 aliphatic rings. The normalized spacial score (nSPS) is 24.0. The van der Waals surface area contributed by atoms with Crippen LogP contribution in [0.3, 0.4) is 0 Å². The van der Waals surface area contributed by atoms with E-state index in [1.54, 1.807) is 19.0 Å². The van der Waals surface area contributed by atoms with E-state index in [9.17, 15) is 4.79 Å². The molecule has 3 unspecified atom stereocenters. The third-order valence-electron chi connectivity index (χ3n) is 5.62. The summed E-state index contributed by atoms with van der Waals surface area (Å²) in [5.74, 6) is 3.25. The predicted molar refractivity (Wildman–Crippen MR) is 109 cm³/mol. The van der Waals surface area contributed by atoms with Gasteiger partial charge in [0.25, 0.3) is 0 Å². The molecule has 7 heteroatoms. The van der Waals surface area contributed by atoms with E-state index in [0.29, 0.717) is 18.5 Å². The Kier molecular flexibility index (Phi) is 6.19. The summed E-state index contributed by atoms with van der Waals surface area (Å²) >= 11 is 0. The number of aliphatic imine (C=N–C) groups is 1. The molecule has 0 aliphatic heterocycles. The summed E-state index contributed by atoms with van der Waals surface area (Å²) in [5.41, 5.74) is 0.911. The monoisotopic (exact) mass is 372 g/mol. The molecule has 2 fully saturated rings. The van der Waals surface area contributed by atoms with E-state index in [1.807, 2.05) is 37.2 Å². The summed E-state index contributed by atoms with van der Waals surface area (Å²) in [7, 11) is 7.49. The van der Waals surface area contributed by atoms with Crippen molar-refractivity contribution in [3.05, 3.63) is 23.9 Å². The molecule has 1 aromatic heterocycles. The summed E-state index contributed by atoms with van der Waals surface area (Å²) in [6.45, 7) is 0.721. The molecule has 2 aliphatic carbocycles. The number of carbonyl (C=O) groups is 1. The van der Waals surface area contributed by atoms with Gasteiger partial charge in [-0.2, -0.15) is 0 Å². The van der Waals surface area contributed by atoms with Gasteiger partial charge in [-0.25, -0.2) is 9.98 Å². The van der Waals surface area contributed by atoms with Crippen molar-refractivity contribution in [1.82, 2.24) is 20.5 Å². The molecule has 7 nitrogen and oxygen atoms in total. The summed E-state index contributed by atoms with van der Waals surface area (Å²) in [6, 6.07) is 6.43. The standard InChI is InChI=1S/C20H32N6O/c1-25(2)18-7-5-6-16(23-18)12-21-20(22-13-19(27)26(3)4)24-17-11-14-8-9-15(17)10-14/h5-7,14-15,17H,8-13H2,1-4H3,(H2,21,22,24). The van der Waals surface area contributed by atoms with Gasteiger partial charge in [-0.05, 0) is 43.2 Å². The van der Waals surface area contributed by atoms with E-state index in [-0.39, 0.29) is 12.5 Å². The van der Waals surface area contributed by atoms with Crippen LogP contribution in [0.4, 0.5) is 5.82 Å². The van der Waals surface area contributed by atoms with Crippen molar-refractivity contribution in [3.8, 4) is 0 Å². The third kappa shape index (κ3) is 5.11. The van der Waals surface area contributed by atoms with Crippen molar-refractivity contribution < 1.29 is 4.79 Å². The number of rotatable bonds is 6. The van der Waals surface area contributed by atoms with Crippen LogP contribution in [0, 0.1) is 11.8 Å². The fourth-order valence-corrected chi connectivity index (χ4v) is 4.03. The SMILES string of the molecule is CN(C)C(=O)CNC(=NCc1cccc(N(C)C)n1)NC1CC2CCC1C2. The van der Waals surface area contributed by atoms with Gasteiger partial charge in [-0.15, -0.1) is 0 Å². The van der Waals surface area contributed by atoms with Crippen LogP contribution in [0.25, 0.3) is 0 Å². The summed E-state index contributed by atoms with van der Waals surface area (Å²) in [5, 5.41) is 6.78. The Bertz CT molecular complexity index is 687.